The summed E-state index contributed by atoms with van der Waals surface area (Å²) in [6, 6.07) is -0.646. The van der Waals surface area contributed by atoms with Gasteiger partial charge < -0.3 is 19.7 Å². The van der Waals surface area contributed by atoms with Crippen LogP contribution in [0, 0.1) is 0 Å². The Bertz CT molecular complexity index is 688. The Balaban J connectivity index is 4.30. The zero-order chi connectivity index (χ0) is 24.1. The van der Waals surface area contributed by atoms with E-state index in [1.807, 2.05) is 0 Å². The van der Waals surface area contributed by atoms with E-state index < -0.39 is 58.5 Å². The highest BCUT2D eigenvalue weighted by molar-refractivity contribution is 5.54. The molecule has 0 aromatic heterocycles. The minimum Gasteiger partial charge on any atom is -0.497 e. The van der Waals surface area contributed by atoms with Gasteiger partial charge in [-0.3, -0.25) is 0 Å². The number of benzene rings is 1. The van der Waals surface area contributed by atoms with Crippen LogP contribution in [0.25, 0.3) is 0 Å². The van der Waals surface area contributed by atoms with E-state index in [1.165, 1.54) is 0 Å². The standard InChI is InChI=1S/C14H10F12O4/c1-29-5-3-6(9(27,11(15,16)17)12(18,19)20)8(30-2)7(4-5)10(28,13(21,22)23)14(24,25)26/h3-4,27-28H,1-2H3. The molecule has 0 fully saturated rings. The lowest BCUT2D eigenvalue weighted by Gasteiger charge is -2.37. The lowest BCUT2D eigenvalue weighted by atomic mass is 9.84. The molecule has 0 saturated heterocycles. The topological polar surface area (TPSA) is 58.9 Å². The average molecular weight is 470 g/mol. The zero-order valence-corrected chi connectivity index (χ0v) is 14.4. The van der Waals surface area contributed by atoms with Crippen molar-refractivity contribution < 1.29 is 72.4 Å². The smallest absolute Gasteiger partial charge is 0.430 e. The second-order valence-electron chi connectivity index (χ2n) is 5.67. The Morgan fingerprint density at radius 1 is 0.567 bits per heavy atom. The fourth-order valence-corrected chi connectivity index (χ4v) is 2.41. The molecule has 0 saturated carbocycles. The van der Waals surface area contributed by atoms with Gasteiger partial charge in [-0.05, 0) is 12.1 Å². The van der Waals surface area contributed by atoms with Crippen LogP contribution in [0.3, 0.4) is 0 Å². The van der Waals surface area contributed by atoms with Gasteiger partial charge in [-0.1, -0.05) is 0 Å². The molecule has 16 heteroatoms. The van der Waals surface area contributed by atoms with Gasteiger partial charge >= 0.3 is 24.7 Å². The molecule has 0 spiro atoms. The third kappa shape index (κ3) is 3.70. The van der Waals surface area contributed by atoms with Gasteiger partial charge in [-0.2, -0.15) is 52.7 Å². The van der Waals surface area contributed by atoms with Crippen molar-refractivity contribution in [2.24, 2.45) is 0 Å². The fraction of sp³-hybridized carbons (Fsp3) is 0.571. The Morgan fingerprint density at radius 3 is 1.00 bits per heavy atom. The van der Waals surface area contributed by atoms with Crippen molar-refractivity contribution in [1.29, 1.82) is 0 Å². The van der Waals surface area contributed by atoms with E-state index in [9.17, 15) is 62.9 Å². The molecule has 0 radical (unpaired) electrons. The quantitative estimate of drug-likeness (QED) is 0.644. The van der Waals surface area contributed by atoms with E-state index in [1.54, 1.807) is 0 Å². The summed E-state index contributed by atoms with van der Waals surface area (Å²) in [6.45, 7) is 0. The van der Waals surface area contributed by atoms with E-state index in [4.69, 9.17) is 0 Å². The van der Waals surface area contributed by atoms with Crippen molar-refractivity contribution in [1.82, 2.24) is 0 Å². The highest BCUT2D eigenvalue weighted by atomic mass is 19.4. The SMILES string of the molecule is COc1cc(C(O)(C(F)(F)F)C(F)(F)F)c(OC)c(C(O)(C(F)(F)F)C(F)(F)F)c1. The summed E-state index contributed by atoms with van der Waals surface area (Å²) in [5.41, 5.74) is -17.2. The highest BCUT2D eigenvalue weighted by Gasteiger charge is 2.75. The van der Waals surface area contributed by atoms with Crippen molar-refractivity contribution in [3.05, 3.63) is 23.3 Å². The number of hydrogen-bond donors (Lipinski definition) is 2. The number of methoxy groups -OCH3 is 2. The molecule has 174 valence electrons. The lowest BCUT2D eigenvalue weighted by molar-refractivity contribution is -0.378. The second-order valence-corrected chi connectivity index (χ2v) is 5.67. The van der Waals surface area contributed by atoms with Gasteiger partial charge in [-0.15, -0.1) is 0 Å². The molecule has 1 aromatic rings. The van der Waals surface area contributed by atoms with Gasteiger partial charge in [-0.25, -0.2) is 0 Å². The molecule has 0 aliphatic heterocycles. The van der Waals surface area contributed by atoms with Crippen LogP contribution in [-0.4, -0.2) is 49.1 Å². The highest BCUT2D eigenvalue weighted by Crippen LogP contribution is 2.58. The van der Waals surface area contributed by atoms with Crippen LogP contribution in [-0.2, 0) is 11.2 Å². The first kappa shape index (κ1) is 25.9. The third-order valence-corrected chi connectivity index (χ3v) is 3.92. The fourth-order valence-electron chi connectivity index (χ4n) is 2.41. The summed E-state index contributed by atoms with van der Waals surface area (Å²) in [5, 5.41) is 18.9. The molecular formula is C14H10F12O4. The van der Waals surface area contributed by atoms with Gasteiger partial charge in [0.15, 0.2) is 0 Å². The van der Waals surface area contributed by atoms with Gasteiger partial charge in [0.2, 0.25) is 0 Å². The molecule has 1 rings (SSSR count). The maximum Gasteiger partial charge on any atom is 0.430 e. The van der Waals surface area contributed by atoms with Gasteiger partial charge in [0.1, 0.15) is 11.5 Å². The second kappa shape index (κ2) is 7.25. The first-order valence-electron chi connectivity index (χ1n) is 7.09. The Morgan fingerprint density at radius 2 is 0.833 bits per heavy atom. The molecular weight excluding hydrogens is 460 g/mol. The number of alkyl halides is 12. The molecule has 0 amide bonds. The van der Waals surface area contributed by atoms with E-state index in [0.717, 1.165) is 0 Å². The van der Waals surface area contributed by atoms with Crippen LogP contribution >= 0.6 is 0 Å². The van der Waals surface area contributed by atoms with Crippen LogP contribution in [0.15, 0.2) is 12.1 Å². The zero-order valence-electron chi connectivity index (χ0n) is 14.4. The van der Waals surface area contributed by atoms with Crippen molar-refractivity contribution in [3.8, 4) is 11.5 Å². The summed E-state index contributed by atoms with van der Waals surface area (Å²) in [7, 11) is 0.616. The minimum absolute atomic E-state index is 0.134. The van der Waals surface area contributed by atoms with E-state index in [2.05, 4.69) is 9.47 Å². The first-order valence-corrected chi connectivity index (χ1v) is 7.09. The average Bonchev–Trinajstić information content (AvgIpc) is 2.54. The van der Waals surface area contributed by atoms with Gasteiger partial charge in [0.05, 0.1) is 14.2 Å². The molecule has 0 unspecified atom stereocenters. The van der Waals surface area contributed by atoms with Gasteiger partial charge in [0, 0.05) is 11.1 Å². The molecule has 30 heavy (non-hydrogen) atoms. The van der Waals surface area contributed by atoms with Crippen LogP contribution in [0.4, 0.5) is 52.7 Å². The Kier molecular flexibility index (Phi) is 6.27. The number of aliphatic hydroxyl groups is 2. The number of ether oxygens (including phenoxy) is 2. The molecule has 0 atom stereocenters. The molecule has 0 bridgehead atoms. The normalized spacial score (nSPS) is 14.7. The summed E-state index contributed by atoms with van der Waals surface area (Å²) in [5.74, 6) is -3.79. The van der Waals surface area contributed by atoms with Crippen LogP contribution in [0.1, 0.15) is 11.1 Å². The third-order valence-electron chi connectivity index (χ3n) is 3.92. The lowest BCUT2D eigenvalue weighted by Crippen LogP contribution is -2.56. The molecule has 4 nitrogen and oxygen atoms in total. The van der Waals surface area contributed by atoms with E-state index in [-0.39, 0.29) is 19.2 Å². The van der Waals surface area contributed by atoms with Gasteiger partial charge in [0.25, 0.3) is 11.2 Å². The Hall–Kier alpha value is -2.10. The predicted octanol–water partition coefficient (Wildman–Crippen LogP) is 4.33. The summed E-state index contributed by atoms with van der Waals surface area (Å²) < 4.78 is 166. The van der Waals surface area contributed by atoms with Crippen LogP contribution in [0.5, 0.6) is 11.5 Å². The first-order chi connectivity index (χ1) is 13.1. The number of hydrogen-bond acceptors (Lipinski definition) is 4. The summed E-state index contributed by atoms with van der Waals surface area (Å²) in [6.07, 6.45) is -26.8. The van der Waals surface area contributed by atoms with E-state index >= 15 is 0 Å². The van der Waals surface area contributed by atoms with Crippen molar-refractivity contribution in [2.45, 2.75) is 35.9 Å². The Labute approximate surface area is 158 Å². The summed E-state index contributed by atoms with van der Waals surface area (Å²) in [4.78, 5) is 0. The molecule has 2 N–H and O–H groups in total. The molecule has 0 aliphatic rings. The van der Waals surface area contributed by atoms with Crippen molar-refractivity contribution in [2.75, 3.05) is 14.2 Å². The molecule has 0 heterocycles. The summed E-state index contributed by atoms with van der Waals surface area (Å²) >= 11 is 0. The largest absolute Gasteiger partial charge is 0.497 e. The maximum absolute atomic E-state index is 13.2. The van der Waals surface area contributed by atoms with Crippen LogP contribution < -0.4 is 9.47 Å². The van der Waals surface area contributed by atoms with Crippen molar-refractivity contribution in [3.63, 3.8) is 0 Å². The van der Waals surface area contributed by atoms with Crippen molar-refractivity contribution >= 4 is 0 Å². The van der Waals surface area contributed by atoms with Crippen LogP contribution in [0.2, 0.25) is 0 Å². The minimum atomic E-state index is -6.70. The molecule has 1 aromatic carbocycles. The van der Waals surface area contributed by atoms with E-state index in [0.29, 0.717) is 7.11 Å². The maximum atomic E-state index is 13.2. The predicted molar refractivity (Wildman–Crippen MR) is 71.6 cm³/mol. The number of halogens is 12. The monoisotopic (exact) mass is 470 g/mol. The molecule has 0 aliphatic carbocycles. The number of rotatable bonds is 4.